The molecule has 3 heterocycles. The van der Waals surface area contributed by atoms with Crippen LogP contribution in [0.5, 0.6) is 0 Å². The Balaban J connectivity index is 1.68. The lowest BCUT2D eigenvalue weighted by atomic mass is 9.94. The van der Waals surface area contributed by atoms with Crippen molar-refractivity contribution in [1.82, 2.24) is 14.7 Å². The van der Waals surface area contributed by atoms with Gasteiger partial charge in [0.05, 0.1) is 6.54 Å². The van der Waals surface area contributed by atoms with E-state index in [1.165, 1.54) is 12.8 Å². The number of likely N-dealkylation sites (N-methyl/N-ethyl adjacent to an activating group) is 1. The third-order valence-corrected chi connectivity index (χ3v) is 5.74. The Bertz CT molecular complexity index is 608. The number of rotatable bonds is 4. The van der Waals surface area contributed by atoms with E-state index in [4.69, 9.17) is 23.2 Å². The Morgan fingerprint density at radius 3 is 2.71 bits per heavy atom. The Morgan fingerprint density at radius 1 is 1.21 bits per heavy atom. The highest BCUT2D eigenvalue weighted by atomic mass is 35.5. The van der Waals surface area contributed by atoms with Gasteiger partial charge in [-0.2, -0.15) is 0 Å². The minimum Gasteiger partial charge on any atom is -0.348 e. The predicted octanol–water partition coefficient (Wildman–Crippen LogP) is 2.98. The summed E-state index contributed by atoms with van der Waals surface area (Å²) < 4.78 is 0. The Kier molecular flexibility index (Phi) is 5.70. The van der Waals surface area contributed by atoms with Crippen molar-refractivity contribution in [2.75, 3.05) is 40.3 Å². The minimum atomic E-state index is 0.184. The standard InChI is InChI=1S/C18H25Cl2N3O/c1-21(2)18(24)12-22-8-13-3-6-16(11-22)23(9-13)10-14-4-5-15(19)7-17(14)20/h4-5,7,13,16H,3,6,8-12H2,1-2H3/t13-,16+/m1/s1. The van der Waals surface area contributed by atoms with E-state index in [-0.39, 0.29) is 5.91 Å². The average molecular weight is 370 g/mol. The molecular formula is C18H25Cl2N3O. The fourth-order valence-electron chi connectivity index (χ4n) is 3.80. The topological polar surface area (TPSA) is 26.8 Å². The van der Waals surface area contributed by atoms with Gasteiger partial charge >= 0.3 is 0 Å². The lowest BCUT2D eigenvalue weighted by molar-refractivity contribution is -0.130. The molecule has 0 aromatic heterocycles. The Morgan fingerprint density at radius 2 is 2.00 bits per heavy atom. The molecule has 1 aromatic carbocycles. The molecule has 3 aliphatic rings. The van der Waals surface area contributed by atoms with Crippen LogP contribution in [0, 0.1) is 5.92 Å². The quantitative estimate of drug-likeness (QED) is 0.815. The first-order chi connectivity index (χ1) is 11.4. The Labute approximate surface area is 154 Å². The van der Waals surface area contributed by atoms with Crippen LogP contribution < -0.4 is 0 Å². The van der Waals surface area contributed by atoms with Gasteiger partial charge in [0.25, 0.3) is 0 Å². The van der Waals surface area contributed by atoms with Gasteiger partial charge in [-0.15, -0.1) is 0 Å². The molecule has 2 atom stereocenters. The maximum atomic E-state index is 12.0. The molecule has 1 amide bonds. The third kappa shape index (κ3) is 4.23. The zero-order chi connectivity index (χ0) is 17.3. The van der Waals surface area contributed by atoms with Gasteiger partial charge in [0.1, 0.15) is 0 Å². The van der Waals surface area contributed by atoms with E-state index in [1.807, 2.05) is 32.3 Å². The first kappa shape index (κ1) is 18.0. The van der Waals surface area contributed by atoms with Crippen molar-refractivity contribution in [3.8, 4) is 0 Å². The van der Waals surface area contributed by atoms with Gasteiger partial charge in [-0.05, 0) is 36.5 Å². The number of halogens is 2. The van der Waals surface area contributed by atoms with E-state index in [2.05, 4.69) is 9.80 Å². The van der Waals surface area contributed by atoms with Gasteiger partial charge in [-0.1, -0.05) is 29.3 Å². The normalized spacial score (nSPS) is 24.8. The molecule has 1 aromatic rings. The van der Waals surface area contributed by atoms with E-state index >= 15 is 0 Å². The fraction of sp³-hybridized carbons (Fsp3) is 0.611. The summed E-state index contributed by atoms with van der Waals surface area (Å²) >= 11 is 12.4. The summed E-state index contributed by atoms with van der Waals surface area (Å²) in [5, 5.41) is 1.41. The second kappa shape index (κ2) is 7.61. The molecule has 3 fully saturated rings. The number of amides is 1. The van der Waals surface area contributed by atoms with Crippen LogP contribution in [0.4, 0.5) is 0 Å². The summed E-state index contributed by atoms with van der Waals surface area (Å²) in [6.45, 7) is 4.43. The second-order valence-electron chi connectivity index (χ2n) is 7.24. The van der Waals surface area contributed by atoms with Crippen LogP contribution in [0.3, 0.4) is 0 Å². The molecular weight excluding hydrogens is 345 g/mol. The monoisotopic (exact) mass is 369 g/mol. The average Bonchev–Trinajstić information content (AvgIpc) is 2.80. The van der Waals surface area contributed by atoms with Crippen LogP contribution in [0.25, 0.3) is 0 Å². The molecule has 4 rings (SSSR count). The lowest BCUT2D eigenvalue weighted by Gasteiger charge is -2.36. The highest BCUT2D eigenvalue weighted by Gasteiger charge is 2.35. The highest BCUT2D eigenvalue weighted by Crippen LogP contribution is 2.31. The van der Waals surface area contributed by atoms with Gasteiger partial charge in [0, 0.05) is 56.4 Å². The van der Waals surface area contributed by atoms with Gasteiger partial charge < -0.3 is 4.90 Å². The molecule has 0 unspecified atom stereocenters. The first-order valence-electron chi connectivity index (χ1n) is 8.53. The number of carbonyl (C=O) groups excluding carboxylic acids is 1. The zero-order valence-electron chi connectivity index (χ0n) is 14.3. The number of hydrogen-bond acceptors (Lipinski definition) is 3. The van der Waals surface area contributed by atoms with E-state index < -0.39 is 0 Å². The smallest absolute Gasteiger partial charge is 0.236 e. The molecule has 0 spiro atoms. The van der Waals surface area contributed by atoms with Crippen molar-refractivity contribution in [1.29, 1.82) is 0 Å². The molecule has 6 heteroatoms. The van der Waals surface area contributed by atoms with Crippen LogP contribution in [0.15, 0.2) is 18.2 Å². The SMILES string of the molecule is CN(C)C(=O)CN1C[C@H]2CC[C@@H](C1)N(Cc1ccc(Cl)cc1Cl)C2. The number of fused-ring (bicyclic) bond motifs is 4. The summed E-state index contributed by atoms with van der Waals surface area (Å²) in [5.74, 6) is 0.813. The van der Waals surface area contributed by atoms with Gasteiger partial charge in [0.2, 0.25) is 5.91 Å². The van der Waals surface area contributed by atoms with Crippen molar-refractivity contribution in [2.24, 2.45) is 5.92 Å². The summed E-state index contributed by atoms with van der Waals surface area (Å²) in [4.78, 5) is 18.6. The highest BCUT2D eigenvalue weighted by molar-refractivity contribution is 6.35. The first-order valence-corrected chi connectivity index (χ1v) is 9.28. The number of hydrogen-bond donors (Lipinski definition) is 0. The number of nitrogens with zero attached hydrogens (tertiary/aromatic N) is 3. The van der Waals surface area contributed by atoms with Crippen LogP contribution in [0.1, 0.15) is 18.4 Å². The van der Waals surface area contributed by atoms with Crippen LogP contribution in [-0.4, -0.2) is 66.9 Å². The van der Waals surface area contributed by atoms with Crippen molar-refractivity contribution in [3.63, 3.8) is 0 Å². The van der Waals surface area contributed by atoms with E-state index in [1.54, 1.807) is 4.90 Å². The number of piperidine rings is 1. The van der Waals surface area contributed by atoms with Crippen LogP contribution in [0.2, 0.25) is 10.0 Å². The van der Waals surface area contributed by atoms with Crippen molar-refractivity contribution in [2.45, 2.75) is 25.4 Å². The lowest BCUT2D eigenvalue weighted by Crippen LogP contribution is -2.44. The number of carbonyl (C=O) groups is 1. The molecule has 3 aliphatic heterocycles. The van der Waals surface area contributed by atoms with Gasteiger partial charge in [0.15, 0.2) is 0 Å². The van der Waals surface area contributed by atoms with Crippen molar-refractivity contribution < 1.29 is 4.79 Å². The van der Waals surface area contributed by atoms with Crippen LogP contribution >= 0.6 is 23.2 Å². The van der Waals surface area contributed by atoms with E-state index in [0.717, 1.165) is 36.8 Å². The van der Waals surface area contributed by atoms with E-state index in [9.17, 15) is 4.79 Å². The van der Waals surface area contributed by atoms with Crippen LogP contribution in [-0.2, 0) is 11.3 Å². The van der Waals surface area contributed by atoms with Crippen molar-refractivity contribution in [3.05, 3.63) is 33.8 Å². The summed E-state index contributed by atoms with van der Waals surface area (Å²) in [6.07, 6.45) is 2.45. The molecule has 0 N–H and O–H groups in total. The zero-order valence-corrected chi connectivity index (χ0v) is 15.9. The molecule has 3 saturated heterocycles. The fourth-order valence-corrected chi connectivity index (χ4v) is 4.27. The molecule has 4 nitrogen and oxygen atoms in total. The predicted molar refractivity (Wildman–Crippen MR) is 98.5 cm³/mol. The summed E-state index contributed by atoms with van der Waals surface area (Å²) in [6, 6.07) is 6.24. The molecule has 2 bridgehead atoms. The Hall–Kier alpha value is -0.810. The molecule has 0 saturated carbocycles. The molecule has 24 heavy (non-hydrogen) atoms. The second-order valence-corrected chi connectivity index (χ2v) is 8.09. The third-order valence-electron chi connectivity index (χ3n) is 5.15. The molecule has 0 radical (unpaired) electrons. The minimum absolute atomic E-state index is 0.184. The summed E-state index contributed by atoms with van der Waals surface area (Å²) in [5.41, 5.74) is 1.13. The maximum absolute atomic E-state index is 12.0. The van der Waals surface area contributed by atoms with E-state index in [0.29, 0.717) is 23.5 Å². The van der Waals surface area contributed by atoms with Gasteiger partial charge in [-0.3, -0.25) is 14.6 Å². The maximum Gasteiger partial charge on any atom is 0.236 e. The van der Waals surface area contributed by atoms with Crippen molar-refractivity contribution >= 4 is 29.1 Å². The number of benzene rings is 1. The van der Waals surface area contributed by atoms with Gasteiger partial charge in [-0.25, -0.2) is 0 Å². The molecule has 0 aliphatic carbocycles. The largest absolute Gasteiger partial charge is 0.348 e. The summed E-state index contributed by atoms with van der Waals surface area (Å²) in [7, 11) is 3.65. The molecule has 132 valence electrons.